The summed E-state index contributed by atoms with van der Waals surface area (Å²) in [6, 6.07) is 1.27. The van der Waals surface area contributed by atoms with Crippen LogP contribution in [0.2, 0.25) is 0 Å². The fraction of sp³-hybridized carbons (Fsp3) is 0.545. The maximum atomic E-state index is 11.6. The number of carbonyl (C=O) groups excluding carboxylic acids is 1. The Labute approximate surface area is 106 Å². The minimum absolute atomic E-state index is 0.0713. The first-order valence-electron chi connectivity index (χ1n) is 5.64. The van der Waals surface area contributed by atoms with Gasteiger partial charge < -0.3 is 10.1 Å². The normalized spacial score (nSPS) is 12.1. The number of nitrogens with two attached hydrogens (primary N) is 1. The highest BCUT2D eigenvalue weighted by atomic mass is 16.5. The number of ether oxygens (including phenoxy) is 1. The summed E-state index contributed by atoms with van der Waals surface area (Å²) in [6.45, 7) is 5.66. The number of anilines is 2. The Kier molecular flexibility index (Phi) is 4.85. The van der Waals surface area contributed by atoms with Crippen LogP contribution >= 0.6 is 0 Å². The zero-order chi connectivity index (χ0) is 13.7. The van der Waals surface area contributed by atoms with Crippen molar-refractivity contribution in [3.63, 3.8) is 0 Å². The van der Waals surface area contributed by atoms with Crippen LogP contribution in [0, 0.1) is 12.8 Å². The monoisotopic (exact) mass is 253 g/mol. The van der Waals surface area contributed by atoms with E-state index in [1.807, 2.05) is 20.8 Å². The second-order valence-electron chi connectivity index (χ2n) is 4.25. The molecule has 0 aliphatic carbocycles. The molecule has 7 heteroatoms. The third-order valence-corrected chi connectivity index (χ3v) is 2.41. The highest BCUT2D eigenvalue weighted by molar-refractivity contribution is 5.79. The Morgan fingerprint density at radius 1 is 1.44 bits per heavy atom. The first-order chi connectivity index (χ1) is 8.47. The topological polar surface area (TPSA) is 102 Å². The number of hydrazine groups is 1. The lowest BCUT2D eigenvalue weighted by Crippen LogP contribution is -2.36. The van der Waals surface area contributed by atoms with Crippen LogP contribution in [-0.2, 0) is 9.53 Å². The van der Waals surface area contributed by atoms with E-state index in [0.717, 1.165) is 5.69 Å². The van der Waals surface area contributed by atoms with E-state index >= 15 is 0 Å². The molecule has 0 amide bonds. The zero-order valence-electron chi connectivity index (χ0n) is 11.0. The Hall–Kier alpha value is -1.89. The molecule has 7 nitrogen and oxygen atoms in total. The number of nitrogen functional groups attached to an aromatic ring is 1. The van der Waals surface area contributed by atoms with Crippen molar-refractivity contribution in [2.24, 2.45) is 11.8 Å². The van der Waals surface area contributed by atoms with Crippen molar-refractivity contribution in [1.82, 2.24) is 9.97 Å². The Morgan fingerprint density at radius 3 is 2.61 bits per heavy atom. The molecule has 1 unspecified atom stereocenters. The van der Waals surface area contributed by atoms with Gasteiger partial charge in [-0.1, -0.05) is 13.8 Å². The molecule has 1 rings (SSSR count). The number of nitrogens with one attached hydrogen (secondary N) is 2. The highest BCUT2D eigenvalue weighted by Gasteiger charge is 2.23. The van der Waals surface area contributed by atoms with Gasteiger partial charge in [-0.05, 0) is 12.8 Å². The van der Waals surface area contributed by atoms with Crippen LogP contribution in [0.4, 0.5) is 11.8 Å². The lowest BCUT2D eigenvalue weighted by atomic mass is 10.0. The van der Waals surface area contributed by atoms with E-state index in [0.29, 0.717) is 11.8 Å². The first-order valence-corrected chi connectivity index (χ1v) is 5.64. The van der Waals surface area contributed by atoms with Crippen LogP contribution in [0.25, 0.3) is 0 Å². The van der Waals surface area contributed by atoms with Crippen LogP contribution in [0.1, 0.15) is 19.5 Å². The molecule has 4 N–H and O–H groups in total. The van der Waals surface area contributed by atoms with E-state index in [4.69, 9.17) is 10.6 Å². The van der Waals surface area contributed by atoms with Gasteiger partial charge in [0.15, 0.2) is 0 Å². The molecule has 0 aliphatic rings. The number of nitrogens with zero attached hydrogens (tertiary/aromatic N) is 2. The van der Waals surface area contributed by atoms with Crippen molar-refractivity contribution in [3.8, 4) is 0 Å². The summed E-state index contributed by atoms with van der Waals surface area (Å²) >= 11 is 0. The maximum Gasteiger partial charge on any atom is 0.328 e. The summed E-state index contributed by atoms with van der Waals surface area (Å²) in [5.41, 5.74) is 3.12. The third-order valence-electron chi connectivity index (χ3n) is 2.41. The highest BCUT2D eigenvalue weighted by Crippen LogP contribution is 2.14. The van der Waals surface area contributed by atoms with E-state index in [-0.39, 0.29) is 11.9 Å². The molecule has 18 heavy (non-hydrogen) atoms. The number of hydrogen-bond acceptors (Lipinski definition) is 7. The first kappa shape index (κ1) is 14.2. The number of aryl methyl sites for hydroxylation is 1. The van der Waals surface area contributed by atoms with Gasteiger partial charge in [0.1, 0.15) is 11.9 Å². The van der Waals surface area contributed by atoms with Gasteiger partial charge in [-0.2, -0.15) is 4.98 Å². The summed E-state index contributed by atoms with van der Waals surface area (Å²) in [4.78, 5) is 19.8. The van der Waals surface area contributed by atoms with E-state index in [9.17, 15) is 4.79 Å². The summed E-state index contributed by atoms with van der Waals surface area (Å²) < 4.78 is 4.75. The molecule has 0 fully saturated rings. The van der Waals surface area contributed by atoms with Crippen LogP contribution in [0.3, 0.4) is 0 Å². The van der Waals surface area contributed by atoms with Gasteiger partial charge in [0, 0.05) is 11.8 Å². The average Bonchev–Trinajstić information content (AvgIpc) is 2.34. The van der Waals surface area contributed by atoms with Gasteiger partial charge in [0.25, 0.3) is 0 Å². The molecule has 0 saturated heterocycles. The van der Waals surface area contributed by atoms with Crippen LogP contribution in [0.15, 0.2) is 6.07 Å². The Balaban J connectivity index is 2.93. The van der Waals surface area contributed by atoms with Gasteiger partial charge in [-0.25, -0.2) is 15.6 Å². The largest absolute Gasteiger partial charge is 0.467 e. The van der Waals surface area contributed by atoms with E-state index in [1.165, 1.54) is 7.11 Å². The third kappa shape index (κ3) is 3.56. The quantitative estimate of drug-likeness (QED) is 0.403. The molecule has 0 spiro atoms. The van der Waals surface area contributed by atoms with E-state index in [2.05, 4.69) is 20.7 Å². The van der Waals surface area contributed by atoms with Crippen molar-refractivity contribution < 1.29 is 9.53 Å². The molecule has 1 heterocycles. The zero-order valence-corrected chi connectivity index (χ0v) is 11.0. The van der Waals surface area contributed by atoms with E-state index < -0.39 is 6.04 Å². The fourth-order valence-corrected chi connectivity index (χ4v) is 1.49. The number of hydrogen-bond donors (Lipinski definition) is 3. The summed E-state index contributed by atoms with van der Waals surface area (Å²) in [5.74, 6) is 5.83. The summed E-state index contributed by atoms with van der Waals surface area (Å²) in [7, 11) is 1.36. The molecule has 1 atom stereocenters. The lowest BCUT2D eigenvalue weighted by molar-refractivity contribution is -0.142. The predicted octanol–water partition coefficient (Wildman–Crippen LogP) is 0.680. The lowest BCUT2D eigenvalue weighted by Gasteiger charge is -2.20. The van der Waals surface area contributed by atoms with Crippen molar-refractivity contribution in [3.05, 3.63) is 11.8 Å². The second kappa shape index (κ2) is 6.15. The van der Waals surface area contributed by atoms with Crippen LogP contribution < -0.4 is 16.6 Å². The molecule has 1 aromatic heterocycles. The van der Waals surface area contributed by atoms with Crippen molar-refractivity contribution in [2.45, 2.75) is 26.8 Å². The van der Waals surface area contributed by atoms with Gasteiger partial charge in [-0.3, -0.25) is 5.43 Å². The Morgan fingerprint density at radius 2 is 2.11 bits per heavy atom. The second-order valence-corrected chi connectivity index (χ2v) is 4.25. The number of aromatic nitrogens is 2. The molecule has 100 valence electrons. The summed E-state index contributed by atoms with van der Waals surface area (Å²) in [6.07, 6.45) is 0. The molecular formula is C11H19N5O2. The molecule has 0 bridgehead atoms. The van der Waals surface area contributed by atoms with Crippen molar-refractivity contribution in [2.75, 3.05) is 17.9 Å². The van der Waals surface area contributed by atoms with Crippen molar-refractivity contribution in [1.29, 1.82) is 0 Å². The molecule has 1 aromatic rings. The number of rotatable bonds is 5. The van der Waals surface area contributed by atoms with Crippen LogP contribution in [-0.4, -0.2) is 29.1 Å². The number of methoxy groups -OCH3 is 1. The SMILES string of the molecule is COC(=O)C(Nc1cc(C)nc(NN)n1)C(C)C. The van der Waals surface area contributed by atoms with Gasteiger partial charge in [0.05, 0.1) is 7.11 Å². The minimum Gasteiger partial charge on any atom is -0.467 e. The molecule has 0 saturated carbocycles. The van der Waals surface area contributed by atoms with Gasteiger partial charge >= 0.3 is 5.97 Å². The smallest absolute Gasteiger partial charge is 0.328 e. The van der Waals surface area contributed by atoms with Crippen LogP contribution in [0.5, 0.6) is 0 Å². The Bertz CT molecular complexity index is 422. The fourth-order valence-electron chi connectivity index (χ4n) is 1.49. The van der Waals surface area contributed by atoms with Gasteiger partial charge in [-0.15, -0.1) is 0 Å². The minimum atomic E-state index is -0.463. The standard InChI is InChI=1S/C11H19N5O2/c1-6(2)9(10(17)18-4)14-8-5-7(3)13-11(15-8)16-12/h5-6,9H,12H2,1-4H3,(H2,13,14,15,16). The molecular weight excluding hydrogens is 234 g/mol. The number of carbonyl (C=O) groups is 1. The molecule has 0 aromatic carbocycles. The predicted molar refractivity (Wildman–Crippen MR) is 68.8 cm³/mol. The van der Waals surface area contributed by atoms with Gasteiger partial charge in [0.2, 0.25) is 5.95 Å². The summed E-state index contributed by atoms with van der Waals surface area (Å²) in [5, 5.41) is 3.02. The molecule has 0 aliphatic heterocycles. The average molecular weight is 253 g/mol. The molecule has 0 radical (unpaired) electrons. The number of esters is 1. The van der Waals surface area contributed by atoms with Crippen molar-refractivity contribution >= 4 is 17.7 Å². The maximum absolute atomic E-state index is 11.6. The van der Waals surface area contributed by atoms with E-state index in [1.54, 1.807) is 6.07 Å².